The number of hydrogen-bond donors (Lipinski definition) is 0. The lowest BCUT2D eigenvalue weighted by molar-refractivity contribution is 0.0535. The van der Waals surface area contributed by atoms with E-state index in [0.717, 1.165) is 0 Å². The van der Waals surface area contributed by atoms with Gasteiger partial charge in [0.1, 0.15) is 0 Å². The standard InChI is InChI=1S/C18H18FN3O3/c1-25-16-3-2-14(12-15(16)19)18(24)22-10-8-21(9-11-22)17(23)13-4-6-20-7-5-13/h2-7,12H,8-11H2,1H3. The average Bonchev–Trinajstić information content (AvgIpc) is 2.67. The molecule has 0 spiro atoms. The van der Waals surface area contributed by atoms with Gasteiger partial charge in [-0.3, -0.25) is 14.6 Å². The van der Waals surface area contributed by atoms with E-state index in [1.54, 1.807) is 40.4 Å². The topological polar surface area (TPSA) is 62.7 Å². The highest BCUT2D eigenvalue weighted by Crippen LogP contribution is 2.19. The minimum Gasteiger partial charge on any atom is -0.494 e. The van der Waals surface area contributed by atoms with E-state index in [-0.39, 0.29) is 23.1 Å². The van der Waals surface area contributed by atoms with Gasteiger partial charge in [-0.25, -0.2) is 4.39 Å². The molecule has 130 valence electrons. The van der Waals surface area contributed by atoms with E-state index < -0.39 is 5.82 Å². The van der Waals surface area contributed by atoms with Crippen LogP contribution in [0.5, 0.6) is 5.75 Å². The molecule has 0 saturated carbocycles. The fraction of sp³-hybridized carbons (Fsp3) is 0.278. The summed E-state index contributed by atoms with van der Waals surface area (Å²) in [5.74, 6) is -0.799. The molecular formula is C18H18FN3O3. The van der Waals surface area contributed by atoms with Crippen molar-refractivity contribution >= 4 is 11.8 Å². The molecular weight excluding hydrogens is 325 g/mol. The summed E-state index contributed by atoms with van der Waals surface area (Å²) >= 11 is 0. The van der Waals surface area contributed by atoms with Gasteiger partial charge in [0.15, 0.2) is 11.6 Å². The molecule has 0 bridgehead atoms. The zero-order valence-electron chi connectivity index (χ0n) is 13.8. The number of amides is 2. The third-order valence-electron chi connectivity index (χ3n) is 4.18. The molecule has 1 aromatic carbocycles. The normalized spacial score (nSPS) is 14.3. The Labute approximate surface area is 144 Å². The van der Waals surface area contributed by atoms with Crippen molar-refractivity contribution in [2.75, 3.05) is 33.3 Å². The summed E-state index contributed by atoms with van der Waals surface area (Å²) in [6, 6.07) is 7.49. The number of nitrogens with zero attached hydrogens (tertiary/aromatic N) is 3. The number of halogens is 1. The van der Waals surface area contributed by atoms with Crippen molar-refractivity contribution in [3.63, 3.8) is 0 Å². The molecule has 2 aromatic rings. The lowest BCUT2D eigenvalue weighted by Crippen LogP contribution is -2.50. The van der Waals surface area contributed by atoms with Crippen LogP contribution in [-0.2, 0) is 0 Å². The third-order valence-corrected chi connectivity index (χ3v) is 4.18. The maximum absolute atomic E-state index is 13.8. The molecule has 0 aliphatic carbocycles. The second kappa shape index (κ2) is 7.29. The molecule has 2 amide bonds. The molecule has 7 heteroatoms. The van der Waals surface area contributed by atoms with E-state index in [4.69, 9.17) is 4.74 Å². The summed E-state index contributed by atoms with van der Waals surface area (Å²) in [7, 11) is 1.37. The zero-order valence-corrected chi connectivity index (χ0v) is 13.8. The van der Waals surface area contributed by atoms with E-state index in [0.29, 0.717) is 31.7 Å². The van der Waals surface area contributed by atoms with Crippen LogP contribution >= 0.6 is 0 Å². The van der Waals surface area contributed by atoms with Gasteiger partial charge >= 0.3 is 0 Å². The van der Waals surface area contributed by atoms with Gasteiger partial charge in [0, 0.05) is 49.7 Å². The lowest BCUT2D eigenvalue weighted by atomic mass is 10.1. The molecule has 1 saturated heterocycles. The van der Waals surface area contributed by atoms with E-state index in [1.807, 2.05) is 0 Å². The summed E-state index contributed by atoms with van der Waals surface area (Å²) in [5.41, 5.74) is 0.846. The summed E-state index contributed by atoms with van der Waals surface area (Å²) in [6.45, 7) is 1.68. The van der Waals surface area contributed by atoms with Crippen LogP contribution in [0.1, 0.15) is 20.7 Å². The Morgan fingerprint density at radius 3 is 2.04 bits per heavy atom. The molecule has 0 atom stereocenters. The largest absolute Gasteiger partial charge is 0.494 e. The predicted molar refractivity (Wildman–Crippen MR) is 89.0 cm³/mol. The SMILES string of the molecule is COc1ccc(C(=O)N2CCN(C(=O)c3ccncc3)CC2)cc1F. The molecule has 25 heavy (non-hydrogen) atoms. The number of benzene rings is 1. The molecule has 0 radical (unpaired) electrons. The van der Waals surface area contributed by atoms with Gasteiger partial charge in [-0.15, -0.1) is 0 Å². The number of carbonyl (C=O) groups is 2. The number of rotatable bonds is 3. The van der Waals surface area contributed by atoms with Gasteiger partial charge in [0.05, 0.1) is 7.11 Å². The first-order valence-corrected chi connectivity index (χ1v) is 7.92. The van der Waals surface area contributed by atoms with Gasteiger partial charge in [-0.05, 0) is 30.3 Å². The molecule has 1 aliphatic heterocycles. The molecule has 1 fully saturated rings. The molecule has 6 nitrogen and oxygen atoms in total. The lowest BCUT2D eigenvalue weighted by Gasteiger charge is -2.34. The number of piperazine rings is 1. The Bertz CT molecular complexity index is 774. The molecule has 2 heterocycles. The van der Waals surface area contributed by atoms with Gasteiger partial charge in [-0.2, -0.15) is 0 Å². The second-order valence-electron chi connectivity index (χ2n) is 5.67. The van der Waals surface area contributed by atoms with Crippen LogP contribution < -0.4 is 4.74 Å². The number of carbonyl (C=O) groups excluding carboxylic acids is 2. The van der Waals surface area contributed by atoms with Crippen molar-refractivity contribution in [2.45, 2.75) is 0 Å². The van der Waals surface area contributed by atoms with Crippen LogP contribution in [0.2, 0.25) is 0 Å². The molecule has 1 aliphatic rings. The van der Waals surface area contributed by atoms with Crippen molar-refractivity contribution in [2.24, 2.45) is 0 Å². The molecule has 1 aromatic heterocycles. The van der Waals surface area contributed by atoms with Crippen LogP contribution in [0.4, 0.5) is 4.39 Å². The second-order valence-corrected chi connectivity index (χ2v) is 5.67. The fourth-order valence-corrected chi connectivity index (χ4v) is 2.77. The monoisotopic (exact) mass is 343 g/mol. The Hall–Kier alpha value is -2.96. The summed E-state index contributed by atoms with van der Waals surface area (Å²) in [4.78, 5) is 32.1. The van der Waals surface area contributed by atoms with Crippen LogP contribution in [0, 0.1) is 5.82 Å². The Morgan fingerprint density at radius 1 is 0.960 bits per heavy atom. The highest BCUT2D eigenvalue weighted by atomic mass is 19.1. The fourth-order valence-electron chi connectivity index (χ4n) is 2.77. The van der Waals surface area contributed by atoms with Gasteiger partial charge in [0.2, 0.25) is 0 Å². The van der Waals surface area contributed by atoms with Crippen molar-refractivity contribution < 1.29 is 18.7 Å². The minimum absolute atomic E-state index is 0.0787. The van der Waals surface area contributed by atoms with E-state index in [9.17, 15) is 14.0 Å². The first kappa shape index (κ1) is 16.9. The number of pyridine rings is 1. The maximum Gasteiger partial charge on any atom is 0.254 e. The van der Waals surface area contributed by atoms with Gasteiger partial charge < -0.3 is 14.5 Å². The van der Waals surface area contributed by atoms with E-state index in [2.05, 4.69) is 4.98 Å². The highest BCUT2D eigenvalue weighted by molar-refractivity contribution is 5.96. The van der Waals surface area contributed by atoms with E-state index >= 15 is 0 Å². The third kappa shape index (κ3) is 3.60. The van der Waals surface area contributed by atoms with Crippen molar-refractivity contribution in [1.82, 2.24) is 14.8 Å². The van der Waals surface area contributed by atoms with Crippen LogP contribution in [0.25, 0.3) is 0 Å². The van der Waals surface area contributed by atoms with Crippen molar-refractivity contribution in [3.8, 4) is 5.75 Å². The summed E-state index contributed by atoms with van der Waals surface area (Å²) in [6.07, 6.45) is 3.15. The van der Waals surface area contributed by atoms with Crippen LogP contribution in [0.3, 0.4) is 0 Å². The number of ether oxygens (including phenoxy) is 1. The van der Waals surface area contributed by atoms with Crippen molar-refractivity contribution in [1.29, 1.82) is 0 Å². The van der Waals surface area contributed by atoms with E-state index in [1.165, 1.54) is 19.2 Å². The first-order valence-electron chi connectivity index (χ1n) is 7.92. The Morgan fingerprint density at radius 2 is 1.52 bits per heavy atom. The smallest absolute Gasteiger partial charge is 0.254 e. The van der Waals surface area contributed by atoms with Gasteiger partial charge in [0.25, 0.3) is 11.8 Å². The Kier molecular flexibility index (Phi) is 4.92. The van der Waals surface area contributed by atoms with Crippen molar-refractivity contribution in [3.05, 3.63) is 59.7 Å². The Balaban J connectivity index is 1.63. The van der Waals surface area contributed by atoms with Gasteiger partial charge in [-0.1, -0.05) is 0 Å². The van der Waals surface area contributed by atoms with Crippen LogP contribution in [-0.4, -0.2) is 59.9 Å². The maximum atomic E-state index is 13.8. The number of aromatic nitrogens is 1. The number of hydrogen-bond acceptors (Lipinski definition) is 4. The minimum atomic E-state index is -0.570. The van der Waals surface area contributed by atoms with Crippen LogP contribution in [0.15, 0.2) is 42.7 Å². The first-order chi connectivity index (χ1) is 12.1. The summed E-state index contributed by atoms with van der Waals surface area (Å²) in [5, 5.41) is 0. The quantitative estimate of drug-likeness (QED) is 0.853. The molecule has 3 rings (SSSR count). The zero-order chi connectivity index (χ0) is 17.8. The molecule has 0 unspecified atom stereocenters. The predicted octanol–water partition coefficient (Wildman–Crippen LogP) is 1.83. The highest BCUT2D eigenvalue weighted by Gasteiger charge is 2.25. The average molecular weight is 343 g/mol. The molecule has 0 N–H and O–H groups in total. The summed E-state index contributed by atoms with van der Waals surface area (Å²) < 4.78 is 18.6. The number of methoxy groups -OCH3 is 1.